The number of carbonyl (C=O) groups excluding carboxylic acids is 1. The Kier molecular flexibility index (Phi) is 3.82. The zero-order valence-corrected chi connectivity index (χ0v) is 10.3. The number of hydrogen-bond donors (Lipinski definition) is 2. The predicted molar refractivity (Wildman–Crippen MR) is 67.0 cm³/mol. The normalized spacial score (nSPS) is 12.3. The van der Waals surface area contributed by atoms with Crippen molar-refractivity contribution >= 4 is 22.8 Å². The topological polar surface area (TPSA) is 88.8 Å². The number of furan rings is 1. The number of carboxylic acids is 1. The molecule has 19 heavy (non-hydrogen) atoms. The van der Waals surface area contributed by atoms with Crippen molar-refractivity contribution in [2.24, 2.45) is 0 Å². The van der Waals surface area contributed by atoms with Crippen LogP contribution >= 0.6 is 0 Å². The molecule has 0 saturated heterocycles. The smallest absolute Gasteiger partial charge is 0.334 e. The minimum Gasteiger partial charge on any atom is -0.479 e. The summed E-state index contributed by atoms with van der Waals surface area (Å²) in [5.41, 5.74) is 0.606. The van der Waals surface area contributed by atoms with E-state index in [-0.39, 0.29) is 12.3 Å². The van der Waals surface area contributed by atoms with E-state index < -0.39 is 18.0 Å². The van der Waals surface area contributed by atoms with Crippen molar-refractivity contribution in [1.82, 2.24) is 5.32 Å². The van der Waals surface area contributed by atoms with Crippen LogP contribution in [0.25, 0.3) is 11.0 Å². The summed E-state index contributed by atoms with van der Waals surface area (Å²) in [5.74, 6) is -1.46. The van der Waals surface area contributed by atoms with Gasteiger partial charge in [-0.25, -0.2) is 4.79 Å². The van der Waals surface area contributed by atoms with Crippen molar-refractivity contribution in [3.8, 4) is 0 Å². The Morgan fingerprint density at radius 3 is 2.79 bits per heavy atom. The largest absolute Gasteiger partial charge is 0.479 e. The van der Waals surface area contributed by atoms with Crippen LogP contribution in [-0.2, 0) is 9.53 Å². The maximum Gasteiger partial charge on any atom is 0.334 e. The number of para-hydroxylation sites is 1. The van der Waals surface area contributed by atoms with Crippen LogP contribution in [0.4, 0.5) is 0 Å². The molecular formula is C13H13NO5. The van der Waals surface area contributed by atoms with E-state index in [1.807, 2.05) is 12.1 Å². The summed E-state index contributed by atoms with van der Waals surface area (Å²) in [4.78, 5) is 22.5. The van der Waals surface area contributed by atoms with E-state index >= 15 is 0 Å². The highest BCUT2D eigenvalue weighted by molar-refractivity contribution is 5.96. The van der Waals surface area contributed by atoms with Crippen molar-refractivity contribution in [1.29, 1.82) is 0 Å². The average molecular weight is 263 g/mol. The molecule has 0 aliphatic carbocycles. The van der Waals surface area contributed by atoms with Crippen LogP contribution in [0.3, 0.4) is 0 Å². The molecule has 0 bridgehead atoms. The number of amides is 1. The lowest BCUT2D eigenvalue weighted by atomic mass is 10.2. The van der Waals surface area contributed by atoms with Gasteiger partial charge in [-0.1, -0.05) is 18.2 Å². The molecular weight excluding hydrogens is 250 g/mol. The van der Waals surface area contributed by atoms with E-state index in [0.29, 0.717) is 5.58 Å². The third-order valence-electron chi connectivity index (χ3n) is 2.66. The Hall–Kier alpha value is -2.34. The number of nitrogens with one attached hydrogen (secondary N) is 1. The molecule has 2 N–H and O–H groups in total. The minimum atomic E-state index is -1.13. The third kappa shape index (κ3) is 2.92. The second-order valence-electron chi connectivity index (χ2n) is 3.92. The molecule has 1 atom stereocenters. The zero-order valence-electron chi connectivity index (χ0n) is 10.3. The number of aliphatic carboxylic acids is 1. The standard InChI is InChI=1S/C13H13NO5/c1-18-11(13(16)17)7-14-12(15)10-6-8-4-2-3-5-9(8)19-10/h2-6,11H,7H2,1H3,(H,14,15)(H,16,17). The number of ether oxygens (including phenoxy) is 1. The summed E-state index contributed by atoms with van der Waals surface area (Å²) in [7, 11) is 1.27. The van der Waals surface area contributed by atoms with Crippen molar-refractivity contribution in [2.45, 2.75) is 6.10 Å². The number of rotatable bonds is 5. The molecule has 6 heteroatoms. The first-order valence-electron chi connectivity index (χ1n) is 5.64. The van der Waals surface area contributed by atoms with E-state index in [2.05, 4.69) is 5.32 Å². The van der Waals surface area contributed by atoms with Crippen LogP contribution in [0.15, 0.2) is 34.7 Å². The molecule has 0 radical (unpaired) electrons. The van der Waals surface area contributed by atoms with Crippen LogP contribution in [0, 0.1) is 0 Å². The summed E-state index contributed by atoms with van der Waals surface area (Å²) >= 11 is 0. The quantitative estimate of drug-likeness (QED) is 0.847. The van der Waals surface area contributed by atoms with Gasteiger partial charge in [-0.05, 0) is 12.1 Å². The summed E-state index contributed by atoms with van der Waals surface area (Å²) < 4.78 is 10.1. The van der Waals surface area contributed by atoms with Gasteiger partial charge in [0.15, 0.2) is 11.9 Å². The van der Waals surface area contributed by atoms with Gasteiger partial charge in [-0.3, -0.25) is 4.79 Å². The fourth-order valence-electron chi connectivity index (χ4n) is 1.64. The van der Waals surface area contributed by atoms with Gasteiger partial charge in [0.1, 0.15) is 5.58 Å². The summed E-state index contributed by atoms with van der Waals surface area (Å²) in [5, 5.41) is 12.0. The molecule has 6 nitrogen and oxygen atoms in total. The number of methoxy groups -OCH3 is 1. The van der Waals surface area contributed by atoms with Crippen LogP contribution in [0.1, 0.15) is 10.6 Å². The van der Waals surface area contributed by atoms with Crippen molar-refractivity contribution in [3.63, 3.8) is 0 Å². The maximum atomic E-state index is 11.8. The summed E-state index contributed by atoms with van der Waals surface area (Å²) in [6.45, 7) is -0.123. The first-order chi connectivity index (χ1) is 9.11. The Morgan fingerprint density at radius 2 is 2.16 bits per heavy atom. The molecule has 0 aliphatic heterocycles. The van der Waals surface area contributed by atoms with Gasteiger partial charge in [-0.15, -0.1) is 0 Å². The van der Waals surface area contributed by atoms with Gasteiger partial charge in [0.25, 0.3) is 5.91 Å². The minimum absolute atomic E-state index is 0.123. The maximum absolute atomic E-state index is 11.8. The van der Waals surface area contributed by atoms with Crippen molar-refractivity contribution < 1.29 is 23.8 Å². The first kappa shape index (κ1) is 13.1. The molecule has 0 saturated carbocycles. The zero-order chi connectivity index (χ0) is 13.8. The number of carbonyl (C=O) groups is 2. The SMILES string of the molecule is COC(CNC(=O)c1cc2ccccc2o1)C(=O)O. The van der Waals surface area contributed by atoms with Gasteiger partial charge >= 0.3 is 5.97 Å². The molecule has 0 fully saturated rings. The van der Waals surface area contributed by atoms with E-state index in [1.54, 1.807) is 18.2 Å². The van der Waals surface area contributed by atoms with Crippen LogP contribution in [0.2, 0.25) is 0 Å². The second-order valence-corrected chi connectivity index (χ2v) is 3.92. The fourth-order valence-corrected chi connectivity index (χ4v) is 1.64. The highest BCUT2D eigenvalue weighted by Crippen LogP contribution is 2.18. The van der Waals surface area contributed by atoms with E-state index in [0.717, 1.165) is 5.39 Å². The lowest BCUT2D eigenvalue weighted by Crippen LogP contribution is -2.37. The molecule has 1 aromatic carbocycles. The van der Waals surface area contributed by atoms with E-state index in [1.165, 1.54) is 7.11 Å². The predicted octanol–water partition coefficient (Wildman–Crippen LogP) is 1.26. The van der Waals surface area contributed by atoms with E-state index in [4.69, 9.17) is 14.3 Å². The lowest BCUT2D eigenvalue weighted by Gasteiger charge is -2.10. The monoisotopic (exact) mass is 263 g/mol. The first-order valence-corrected chi connectivity index (χ1v) is 5.64. The van der Waals surface area contributed by atoms with Gasteiger partial charge in [0, 0.05) is 12.5 Å². The summed E-state index contributed by atoms with van der Waals surface area (Å²) in [6, 6.07) is 8.82. The molecule has 2 rings (SSSR count). The molecule has 2 aromatic rings. The highest BCUT2D eigenvalue weighted by Gasteiger charge is 2.19. The van der Waals surface area contributed by atoms with Crippen molar-refractivity contribution in [3.05, 3.63) is 36.1 Å². The molecule has 1 aromatic heterocycles. The molecule has 1 unspecified atom stereocenters. The molecule has 100 valence electrons. The molecule has 0 aliphatic rings. The van der Waals surface area contributed by atoms with Crippen LogP contribution in [0.5, 0.6) is 0 Å². The average Bonchev–Trinajstić information content (AvgIpc) is 2.82. The number of carboxylic acid groups (broad SMARTS) is 1. The lowest BCUT2D eigenvalue weighted by molar-refractivity contribution is -0.148. The van der Waals surface area contributed by atoms with Crippen molar-refractivity contribution in [2.75, 3.05) is 13.7 Å². The van der Waals surface area contributed by atoms with Crippen LogP contribution in [-0.4, -0.2) is 36.7 Å². The molecule has 1 amide bonds. The molecule has 0 spiro atoms. The Labute approximate surface area is 109 Å². The van der Waals surface area contributed by atoms with E-state index in [9.17, 15) is 9.59 Å². The second kappa shape index (κ2) is 5.53. The third-order valence-corrected chi connectivity index (χ3v) is 2.66. The van der Waals surface area contributed by atoms with Gasteiger partial charge in [0.2, 0.25) is 0 Å². The van der Waals surface area contributed by atoms with Gasteiger partial charge < -0.3 is 19.6 Å². The number of hydrogen-bond acceptors (Lipinski definition) is 4. The number of benzene rings is 1. The Balaban J connectivity index is 2.05. The molecule has 1 heterocycles. The fraction of sp³-hybridized carbons (Fsp3) is 0.231. The van der Waals surface area contributed by atoms with Gasteiger partial charge in [0.05, 0.1) is 6.54 Å². The van der Waals surface area contributed by atoms with Gasteiger partial charge in [-0.2, -0.15) is 0 Å². The summed E-state index contributed by atoms with van der Waals surface area (Å²) in [6.07, 6.45) is -1.08. The Morgan fingerprint density at radius 1 is 1.42 bits per heavy atom. The number of fused-ring (bicyclic) bond motifs is 1. The van der Waals surface area contributed by atoms with Crippen LogP contribution < -0.4 is 5.32 Å². The Bertz CT molecular complexity index is 571. The highest BCUT2D eigenvalue weighted by atomic mass is 16.5.